The predicted octanol–water partition coefficient (Wildman–Crippen LogP) is 7.21. The number of hydrogen-bond donors (Lipinski definition) is 0. The third-order valence-corrected chi connectivity index (χ3v) is 5.16. The van der Waals surface area contributed by atoms with E-state index in [1.807, 2.05) is 24.3 Å². The van der Waals surface area contributed by atoms with E-state index in [-0.39, 0.29) is 5.82 Å². The molecule has 0 saturated heterocycles. The predicted molar refractivity (Wildman–Crippen MR) is 104 cm³/mol. The summed E-state index contributed by atoms with van der Waals surface area (Å²) in [6, 6.07) is 17.9. The lowest BCUT2D eigenvalue weighted by atomic mass is 10.0. The highest BCUT2D eigenvalue weighted by molar-refractivity contribution is 7.16. The Morgan fingerprint density at radius 3 is 2.33 bits per heavy atom. The average Bonchev–Trinajstić information content (AvgIpc) is 3.08. The minimum atomic E-state index is -0.167. The van der Waals surface area contributed by atoms with Crippen LogP contribution < -0.4 is 0 Å². The summed E-state index contributed by atoms with van der Waals surface area (Å²) in [4.78, 5) is 2.13. The standard InChI is InChI=1S/C22H21FS/c1-3-5-6-19-12-14-22(24-19)20-13-11-18(15-21(20)23)17-9-7-16(4-2)8-10-17/h5-15H,3-4H2,1-2H3/b6-5+. The highest BCUT2D eigenvalue weighted by Gasteiger charge is 2.09. The third-order valence-electron chi connectivity index (χ3n) is 4.07. The van der Waals surface area contributed by atoms with Gasteiger partial charge in [-0.1, -0.05) is 50.3 Å². The first-order chi connectivity index (χ1) is 11.7. The summed E-state index contributed by atoms with van der Waals surface area (Å²) in [6.07, 6.45) is 6.23. The van der Waals surface area contributed by atoms with Crippen molar-refractivity contribution in [2.75, 3.05) is 0 Å². The van der Waals surface area contributed by atoms with Gasteiger partial charge in [0.1, 0.15) is 5.82 Å². The molecule has 122 valence electrons. The molecule has 1 heterocycles. The fourth-order valence-electron chi connectivity index (χ4n) is 2.65. The minimum absolute atomic E-state index is 0.167. The number of thiophene rings is 1. The van der Waals surface area contributed by atoms with Gasteiger partial charge in [0, 0.05) is 15.3 Å². The van der Waals surface area contributed by atoms with E-state index in [1.54, 1.807) is 17.4 Å². The Labute approximate surface area is 147 Å². The van der Waals surface area contributed by atoms with E-state index in [0.717, 1.165) is 33.7 Å². The van der Waals surface area contributed by atoms with Gasteiger partial charge in [0.2, 0.25) is 0 Å². The van der Waals surface area contributed by atoms with E-state index in [4.69, 9.17) is 0 Å². The van der Waals surface area contributed by atoms with Gasteiger partial charge in [0.25, 0.3) is 0 Å². The van der Waals surface area contributed by atoms with E-state index in [0.29, 0.717) is 5.56 Å². The van der Waals surface area contributed by atoms with Gasteiger partial charge in [-0.25, -0.2) is 4.39 Å². The van der Waals surface area contributed by atoms with Crippen molar-refractivity contribution < 1.29 is 4.39 Å². The maximum absolute atomic E-state index is 14.6. The van der Waals surface area contributed by atoms with Crippen molar-refractivity contribution in [2.24, 2.45) is 0 Å². The summed E-state index contributed by atoms with van der Waals surface area (Å²) in [5.74, 6) is -0.167. The van der Waals surface area contributed by atoms with Crippen LogP contribution in [0.4, 0.5) is 4.39 Å². The van der Waals surface area contributed by atoms with Crippen molar-refractivity contribution in [3.8, 4) is 21.6 Å². The Bertz CT molecular complexity index is 841. The van der Waals surface area contributed by atoms with Gasteiger partial charge in [-0.15, -0.1) is 11.3 Å². The Balaban J connectivity index is 1.89. The molecule has 0 amide bonds. The Hall–Kier alpha value is -2.19. The monoisotopic (exact) mass is 336 g/mol. The lowest BCUT2D eigenvalue weighted by Gasteiger charge is -2.06. The van der Waals surface area contributed by atoms with Crippen LogP contribution in [0.25, 0.3) is 27.6 Å². The second kappa shape index (κ2) is 7.59. The van der Waals surface area contributed by atoms with Crippen LogP contribution in [-0.2, 0) is 6.42 Å². The molecule has 24 heavy (non-hydrogen) atoms. The lowest BCUT2D eigenvalue weighted by molar-refractivity contribution is 0.632. The highest BCUT2D eigenvalue weighted by atomic mass is 32.1. The van der Waals surface area contributed by atoms with Gasteiger partial charge in [-0.3, -0.25) is 0 Å². The summed E-state index contributed by atoms with van der Waals surface area (Å²) in [7, 11) is 0. The second-order valence-corrected chi connectivity index (χ2v) is 6.87. The van der Waals surface area contributed by atoms with Gasteiger partial charge >= 0.3 is 0 Å². The van der Waals surface area contributed by atoms with Crippen molar-refractivity contribution in [3.63, 3.8) is 0 Å². The average molecular weight is 336 g/mol. The minimum Gasteiger partial charge on any atom is -0.206 e. The molecule has 0 nitrogen and oxygen atoms in total. The molecule has 0 unspecified atom stereocenters. The fourth-order valence-corrected chi connectivity index (χ4v) is 3.61. The van der Waals surface area contributed by atoms with Crippen LogP contribution >= 0.6 is 11.3 Å². The number of allylic oxidation sites excluding steroid dienone is 1. The molecule has 3 aromatic rings. The first-order valence-corrected chi connectivity index (χ1v) is 9.18. The summed E-state index contributed by atoms with van der Waals surface area (Å²) < 4.78 is 14.6. The number of hydrogen-bond acceptors (Lipinski definition) is 1. The van der Waals surface area contributed by atoms with Crippen LogP contribution in [0.1, 0.15) is 30.7 Å². The Morgan fingerprint density at radius 1 is 0.917 bits per heavy atom. The van der Waals surface area contributed by atoms with Crippen molar-refractivity contribution in [3.05, 3.63) is 76.9 Å². The van der Waals surface area contributed by atoms with Crippen LogP contribution in [-0.4, -0.2) is 0 Å². The molecule has 0 N–H and O–H groups in total. The molecule has 0 bridgehead atoms. The highest BCUT2D eigenvalue weighted by Crippen LogP contribution is 2.33. The maximum Gasteiger partial charge on any atom is 0.132 e. The zero-order valence-electron chi connectivity index (χ0n) is 14.1. The molecule has 0 aliphatic carbocycles. The largest absolute Gasteiger partial charge is 0.206 e. The van der Waals surface area contributed by atoms with Gasteiger partial charge in [-0.05, 0) is 59.9 Å². The molecule has 0 aliphatic rings. The lowest BCUT2D eigenvalue weighted by Crippen LogP contribution is -1.86. The molecule has 0 spiro atoms. The first kappa shape index (κ1) is 16.7. The Morgan fingerprint density at radius 2 is 1.67 bits per heavy atom. The van der Waals surface area contributed by atoms with Crippen LogP contribution in [0.3, 0.4) is 0 Å². The van der Waals surface area contributed by atoms with E-state index in [1.165, 1.54) is 5.56 Å². The molecular formula is C22H21FS. The molecule has 3 rings (SSSR count). The molecule has 0 atom stereocenters. The summed E-state index contributed by atoms with van der Waals surface area (Å²) in [5, 5.41) is 0. The van der Waals surface area contributed by atoms with E-state index in [9.17, 15) is 4.39 Å². The number of rotatable bonds is 5. The molecule has 0 fully saturated rings. The SMILES string of the molecule is CC/C=C/c1ccc(-c2ccc(-c3ccc(CC)cc3)cc2F)s1. The summed E-state index contributed by atoms with van der Waals surface area (Å²) >= 11 is 1.62. The van der Waals surface area contributed by atoms with Crippen LogP contribution in [0.15, 0.2) is 60.7 Å². The summed E-state index contributed by atoms with van der Waals surface area (Å²) in [6.45, 7) is 4.24. The number of benzene rings is 2. The van der Waals surface area contributed by atoms with Crippen molar-refractivity contribution in [1.82, 2.24) is 0 Å². The van der Waals surface area contributed by atoms with E-state index < -0.39 is 0 Å². The van der Waals surface area contributed by atoms with Crippen LogP contribution in [0.2, 0.25) is 0 Å². The third kappa shape index (κ3) is 3.65. The van der Waals surface area contributed by atoms with Crippen LogP contribution in [0.5, 0.6) is 0 Å². The van der Waals surface area contributed by atoms with Gasteiger partial charge in [0.05, 0.1) is 0 Å². The molecule has 2 aromatic carbocycles. The van der Waals surface area contributed by atoms with E-state index >= 15 is 0 Å². The zero-order chi connectivity index (χ0) is 16.9. The summed E-state index contributed by atoms with van der Waals surface area (Å²) in [5.41, 5.74) is 3.93. The first-order valence-electron chi connectivity index (χ1n) is 8.37. The molecule has 0 radical (unpaired) electrons. The number of halogens is 1. The second-order valence-electron chi connectivity index (χ2n) is 5.76. The fraction of sp³-hybridized carbons (Fsp3) is 0.182. The van der Waals surface area contributed by atoms with Crippen molar-refractivity contribution in [2.45, 2.75) is 26.7 Å². The molecule has 0 saturated carbocycles. The smallest absolute Gasteiger partial charge is 0.132 e. The Kier molecular flexibility index (Phi) is 5.27. The maximum atomic E-state index is 14.6. The van der Waals surface area contributed by atoms with Crippen LogP contribution in [0, 0.1) is 5.82 Å². The van der Waals surface area contributed by atoms with Gasteiger partial charge in [-0.2, -0.15) is 0 Å². The molecular weight excluding hydrogens is 315 g/mol. The number of aryl methyl sites for hydroxylation is 1. The van der Waals surface area contributed by atoms with Crippen molar-refractivity contribution >= 4 is 17.4 Å². The van der Waals surface area contributed by atoms with Gasteiger partial charge in [0.15, 0.2) is 0 Å². The topological polar surface area (TPSA) is 0 Å². The molecule has 1 aromatic heterocycles. The van der Waals surface area contributed by atoms with E-state index in [2.05, 4.69) is 50.3 Å². The molecule has 2 heteroatoms. The zero-order valence-corrected chi connectivity index (χ0v) is 14.9. The quantitative estimate of drug-likeness (QED) is 0.462. The normalized spacial score (nSPS) is 11.3. The van der Waals surface area contributed by atoms with Crippen molar-refractivity contribution in [1.29, 1.82) is 0 Å². The van der Waals surface area contributed by atoms with Gasteiger partial charge < -0.3 is 0 Å². The molecule has 0 aliphatic heterocycles.